The van der Waals surface area contributed by atoms with Crippen LogP contribution in [0.2, 0.25) is 5.15 Å². The van der Waals surface area contributed by atoms with Crippen molar-refractivity contribution < 1.29 is 9.90 Å². The highest BCUT2D eigenvalue weighted by atomic mass is 35.5. The van der Waals surface area contributed by atoms with Gasteiger partial charge in [0.2, 0.25) is 0 Å². The van der Waals surface area contributed by atoms with Crippen molar-refractivity contribution in [2.45, 2.75) is 37.7 Å². The van der Waals surface area contributed by atoms with E-state index in [9.17, 15) is 9.90 Å². The van der Waals surface area contributed by atoms with Crippen molar-refractivity contribution in [3.8, 4) is 0 Å². The Balaban J connectivity index is 2.05. The monoisotopic (exact) mass is 269 g/mol. The average molecular weight is 270 g/mol. The molecule has 1 aromatic rings. The van der Waals surface area contributed by atoms with Gasteiger partial charge in [0.1, 0.15) is 17.3 Å². The van der Waals surface area contributed by atoms with Crippen molar-refractivity contribution >= 4 is 23.7 Å². The first-order valence-electron chi connectivity index (χ1n) is 6.06. The number of rotatable bonds is 4. The second-order valence-corrected chi connectivity index (χ2v) is 5.04. The van der Waals surface area contributed by atoms with Gasteiger partial charge in [-0.2, -0.15) is 0 Å². The van der Waals surface area contributed by atoms with Gasteiger partial charge in [0.15, 0.2) is 6.29 Å². The number of carbonyl (C=O) groups is 1. The Hall–Kier alpha value is -1.20. The summed E-state index contributed by atoms with van der Waals surface area (Å²) in [6.07, 6.45) is 6.69. The van der Waals surface area contributed by atoms with Crippen LogP contribution in [0.5, 0.6) is 0 Å². The highest BCUT2D eigenvalue weighted by molar-refractivity contribution is 6.32. The maximum absolute atomic E-state index is 10.9. The molecule has 1 saturated carbocycles. The van der Waals surface area contributed by atoms with Crippen LogP contribution in [0.15, 0.2) is 6.33 Å². The fraction of sp³-hybridized carbons (Fsp3) is 0.583. The van der Waals surface area contributed by atoms with E-state index >= 15 is 0 Å². The lowest BCUT2D eigenvalue weighted by Crippen LogP contribution is -2.39. The first-order chi connectivity index (χ1) is 8.64. The van der Waals surface area contributed by atoms with Crippen molar-refractivity contribution in [1.82, 2.24) is 9.97 Å². The first-order valence-corrected chi connectivity index (χ1v) is 6.44. The van der Waals surface area contributed by atoms with Crippen molar-refractivity contribution in [2.24, 2.45) is 0 Å². The highest BCUT2D eigenvalue weighted by Crippen LogP contribution is 2.28. The summed E-state index contributed by atoms with van der Waals surface area (Å²) in [4.78, 5) is 18.6. The van der Waals surface area contributed by atoms with E-state index in [1.165, 1.54) is 12.7 Å². The summed E-state index contributed by atoms with van der Waals surface area (Å²) < 4.78 is 0. The number of nitrogens with one attached hydrogen (secondary N) is 1. The molecule has 5 nitrogen and oxygen atoms in total. The van der Waals surface area contributed by atoms with Crippen LogP contribution in [0.3, 0.4) is 0 Å². The van der Waals surface area contributed by atoms with E-state index in [2.05, 4.69) is 15.3 Å². The molecular formula is C12H16ClN3O2. The molecule has 0 aromatic carbocycles. The molecule has 0 unspecified atom stereocenters. The summed E-state index contributed by atoms with van der Waals surface area (Å²) >= 11 is 5.80. The van der Waals surface area contributed by atoms with Gasteiger partial charge in [0, 0.05) is 6.54 Å². The lowest BCUT2D eigenvalue weighted by atomic mass is 9.85. The summed E-state index contributed by atoms with van der Waals surface area (Å²) in [5.41, 5.74) is -0.478. The number of hydrogen-bond donors (Lipinski definition) is 2. The zero-order chi connectivity index (χ0) is 13.0. The standard InChI is InChI=1S/C12H16ClN3O2/c13-10-9(6-17)11(16-8-15-10)14-7-12(18)4-2-1-3-5-12/h6,8,18H,1-5,7H2,(H,14,15,16). The lowest BCUT2D eigenvalue weighted by molar-refractivity contribution is 0.0166. The number of anilines is 1. The van der Waals surface area contributed by atoms with E-state index in [0.717, 1.165) is 25.7 Å². The molecule has 0 saturated heterocycles. The summed E-state index contributed by atoms with van der Waals surface area (Å²) in [5, 5.41) is 13.5. The Kier molecular flexibility index (Phi) is 4.14. The largest absolute Gasteiger partial charge is 0.388 e. The van der Waals surface area contributed by atoms with Gasteiger partial charge in [0.25, 0.3) is 0 Å². The van der Waals surface area contributed by atoms with E-state index in [0.29, 0.717) is 18.6 Å². The van der Waals surface area contributed by atoms with E-state index in [1.54, 1.807) is 0 Å². The Morgan fingerprint density at radius 2 is 2.11 bits per heavy atom. The summed E-state index contributed by atoms with van der Waals surface area (Å²) in [7, 11) is 0. The molecule has 1 fully saturated rings. The van der Waals surface area contributed by atoms with Gasteiger partial charge >= 0.3 is 0 Å². The molecule has 1 aliphatic carbocycles. The summed E-state index contributed by atoms with van der Waals surface area (Å²) in [6, 6.07) is 0. The Bertz CT molecular complexity index is 433. The number of hydrogen-bond acceptors (Lipinski definition) is 5. The molecule has 0 aliphatic heterocycles. The normalized spacial score (nSPS) is 18.3. The number of carbonyl (C=O) groups excluding carboxylic acids is 1. The molecule has 98 valence electrons. The zero-order valence-electron chi connectivity index (χ0n) is 10.0. The van der Waals surface area contributed by atoms with Gasteiger partial charge in [-0.15, -0.1) is 0 Å². The zero-order valence-corrected chi connectivity index (χ0v) is 10.8. The summed E-state index contributed by atoms with van der Waals surface area (Å²) in [5.74, 6) is 0.379. The summed E-state index contributed by atoms with van der Waals surface area (Å²) in [6.45, 7) is 0.376. The molecule has 2 rings (SSSR count). The number of halogens is 1. The highest BCUT2D eigenvalue weighted by Gasteiger charge is 2.29. The predicted molar refractivity (Wildman–Crippen MR) is 69.0 cm³/mol. The Morgan fingerprint density at radius 3 is 2.78 bits per heavy atom. The Labute approximate surface area is 111 Å². The van der Waals surface area contributed by atoms with Gasteiger partial charge in [-0.25, -0.2) is 9.97 Å². The lowest BCUT2D eigenvalue weighted by Gasteiger charge is -2.32. The molecule has 0 amide bonds. The third kappa shape index (κ3) is 2.97. The number of aldehydes is 1. The van der Waals surface area contributed by atoms with E-state index in [4.69, 9.17) is 11.6 Å². The molecule has 18 heavy (non-hydrogen) atoms. The minimum atomic E-state index is -0.712. The van der Waals surface area contributed by atoms with Crippen LogP contribution in [0.4, 0.5) is 5.82 Å². The number of nitrogens with zero attached hydrogens (tertiary/aromatic N) is 2. The minimum absolute atomic E-state index is 0.123. The third-order valence-corrected chi connectivity index (χ3v) is 3.62. The molecular weight excluding hydrogens is 254 g/mol. The van der Waals surface area contributed by atoms with Crippen LogP contribution >= 0.6 is 11.6 Å². The van der Waals surface area contributed by atoms with E-state index in [1.807, 2.05) is 0 Å². The van der Waals surface area contributed by atoms with Crippen LogP contribution in [0.25, 0.3) is 0 Å². The van der Waals surface area contributed by atoms with Crippen molar-refractivity contribution in [1.29, 1.82) is 0 Å². The van der Waals surface area contributed by atoms with E-state index in [-0.39, 0.29) is 10.7 Å². The van der Waals surface area contributed by atoms with Crippen LogP contribution < -0.4 is 5.32 Å². The van der Waals surface area contributed by atoms with Crippen molar-refractivity contribution in [2.75, 3.05) is 11.9 Å². The molecule has 1 heterocycles. The third-order valence-electron chi connectivity index (χ3n) is 3.32. The molecule has 1 aromatic heterocycles. The second kappa shape index (κ2) is 5.63. The molecule has 6 heteroatoms. The fourth-order valence-corrected chi connectivity index (χ4v) is 2.43. The van der Waals surface area contributed by atoms with Crippen LogP contribution in [0.1, 0.15) is 42.5 Å². The van der Waals surface area contributed by atoms with Gasteiger partial charge in [-0.05, 0) is 12.8 Å². The molecule has 0 radical (unpaired) electrons. The van der Waals surface area contributed by atoms with Crippen molar-refractivity contribution in [3.05, 3.63) is 17.0 Å². The quantitative estimate of drug-likeness (QED) is 0.646. The van der Waals surface area contributed by atoms with Crippen LogP contribution in [-0.2, 0) is 0 Å². The first kappa shape index (κ1) is 13.2. The Morgan fingerprint density at radius 1 is 1.39 bits per heavy atom. The fourth-order valence-electron chi connectivity index (χ4n) is 2.25. The van der Waals surface area contributed by atoms with Crippen molar-refractivity contribution in [3.63, 3.8) is 0 Å². The van der Waals surface area contributed by atoms with Crippen LogP contribution in [-0.4, -0.2) is 33.5 Å². The van der Waals surface area contributed by atoms with Gasteiger partial charge in [0.05, 0.1) is 11.2 Å². The molecule has 2 N–H and O–H groups in total. The average Bonchev–Trinajstić information content (AvgIpc) is 2.37. The van der Waals surface area contributed by atoms with Crippen LogP contribution in [0, 0.1) is 0 Å². The molecule has 0 bridgehead atoms. The topological polar surface area (TPSA) is 75.1 Å². The second-order valence-electron chi connectivity index (χ2n) is 4.68. The van der Waals surface area contributed by atoms with Gasteiger partial charge < -0.3 is 10.4 Å². The van der Waals surface area contributed by atoms with Gasteiger partial charge in [-0.1, -0.05) is 30.9 Å². The number of aliphatic hydroxyl groups is 1. The smallest absolute Gasteiger partial charge is 0.156 e. The predicted octanol–water partition coefficient (Wildman–Crippen LogP) is 2.05. The number of aromatic nitrogens is 2. The molecule has 0 spiro atoms. The SMILES string of the molecule is O=Cc1c(Cl)ncnc1NCC1(O)CCCCC1. The maximum Gasteiger partial charge on any atom is 0.156 e. The maximum atomic E-state index is 10.9. The minimum Gasteiger partial charge on any atom is -0.388 e. The molecule has 0 atom stereocenters. The molecule has 1 aliphatic rings. The van der Waals surface area contributed by atoms with Gasteiger partial charge in [-0.3, -0.25) is 4.79 Å². The van der Waals surface area contributed by atoms with E-state index < -0.39 is 5.60 Å².